The number of aromatic nitrogens is 4. The number of nitrogens with zero attached hydrogens (tertiary/aromatic N) is 4. The third kappa shape index (κ3) is 3.20. The van der Waals surface area contributed by atoms with Crippen LogP contribution in [0.2, 0.25) is 0 Å². The second kappa shape index (κ2) is 7.03. The first kappa shape index (κ1) is 16.4. The van der Waals surface area contributed by atoms with Crippen molar-refractivity contribution in [3.63, 3.8) is 0 Å². The Balaban J connectivity index is 1.49. The highest BCUT2D eigenvalue weighted by molar-refractivity contribution is 5.61. The van der Waals surface area contributed by atoms with E-state index in [2.05, 4.69) is 34.2 Å². The lowest BCUT2D eigenvalue weighted by molar-refractivity contribution is 0.174. The van der Waals surface area contributed by atoms with Gasteiger partial charge in [-0.1, -0.05) is 13.0 Å². The van der Waals surface area contributed by atoms with Crippen molar-refractivity contribution in [2.75, 3.05) is 12.1 Å². The quantitative estimate of drug-likeness (QED) is 0.734. The van der Waals surface area contributed by atoms with Gasteiger partial charge in [0.2, 0.25) is 12.7 Å². The zero-order valence-corrected chi connectivity index (χ0v) is 14.9. The number of aryl methyl sites for hydroxylation is 1. The van der Waals surface area contributed by atoms with Crippen molar-refractivity contribution < 1.29 is 9.47 Å². The Morgan fingerprint density at radius 1 is 1.19 bits per heavy atom. The fourth-order valence-electron chi connectivity index (χ4n) is 2.96. The first-order chi connectivity index (χ1) is 12.7. The van der Waals surface area contributed by atoms with Gasteiger partial charge in [0.15, 0.2) is 11.5 Å². The average molecular weight is 351 g/mol. The molecule has 1 aromatic carbocycles. The Morgan fingerprint density at radius 2 is 2.08 bits per heavy atom. The van der Waals surface area contributed by atoms with Crippen molar-refractivity contribution in [1.29, 1.82) is 0 Å². The Hall–Kier alpha value is -3.09. The van der Waals surface area contributed by atoms with Gasteiger partial charge in [0.25, 0.3) is 0 Å². The SMILES string of the molecule is CCCn1ncc(-c2ccnc(NCc3ccc4c(c3)OCO4)n2)c1C. The molecule has 4 rings (SSSR count). The van der Waals surface area contributed by atoms with Crippen molar-refractivity contribution in [3.05, 3.63) is 47.9 Å². The van der Waals surface area contributed by atoms with Crippen molar-refractivity contribution >= 4 is 5.95 Å². The average Bonchev–Trinajstić information content (AvgIpc) is 3.27. The van der Waals surface area contributed by atoms with Gasteiger partial charge in [-0.05, 0) is 37.1 Å². The predicted molar refractivity (Wildman–Crippen MR) is 98.2 cm³/mol. The van der Waals surface area contributed by atoms with Gasteiger partial charge < -0.3 is 14.8 Å². The van der Waals surface area contributed by atoms with Crippen LogP contribution < -0.4 is 14.8 Å². The monoisotopic (exact) mass is 351 g/mol. The normalized spacial score (nSPS) is 12.4. The summed E-state index contributed by atoms with van der Waals surface area (Å²) in [5, 5.41) is 7.72. The standard InChI is InChI=1S/C19H21N5O2/c1-3-8-24-13(2)15(11-22-24)16-6-7-20-19(23-16)21-10-14-4-5-17-18(9-14)26-12-25-17/h4-7,9,11H,3,8,10,12H2,1-2H3,(H,20,21,23). The van der Waals surface area contributed by atoms with Gasteiger partial charge in [0.05, 0.1) is 11.9 Å². The molecule has 2 aromatic heterocycles. The van der Waals surface area contributed by atoms with Crippen molar-refractivity contribution in [2.45, 2.75) is 33.4 Å². The summed E-state index contributed by atoms with van der Waals surface area (Å²) in [6.07, 6.45) is 4.68. The third-order valence-corrected chi connectivity index (χ3v) is 4.36. The first-order valence-corrected chi connectivity index (χ1v) is 8.73. The van der Waals surface area contributed by atoms with E-state index < -0.39 is 0 Å². The summed E-state index contributed by atoms with van der Waals surface area (Å²) in [6, 6.07) is 7.80. The highest BCUT2D eigenvalue weighted by atomic mass is 16.7. The number of ether oxygens (including phenoxy) is 2. The summed E-state index contributed by atoms with van der Waals surface area (Å²) in [5.74, 6) is 2.15. The maximum Gasteiger partial charge on any atom is 0.231 e. The van der Waals surface area contributed by atoms with Crippen LogP contribution in [0.3, 0.4) is 0 Å². The van der Waals surface area contributed by atoms with E-state index in [4.69, 9.17) is 9.47 Å². The summed E-state index contributed by atoms with van der Waals surface area (Å²) >= 11 is 0. The molecule has 1 aliphatic heterocycles. The molecule has 1 aliphatic rings. The molecule has 1 N–H and O–H groups in total. The number of fused-ring (bicyclic) bond motifs is 1. The van der Waals surface area contributed by atoms with Crippen LogP contribution in [0.1, 0.15) is 24.6 Å². The smallest absolute Gasteiger partial charge is 0.231 e. The van der Waals surface area contributed by atoms with E-state index in [0.717, 1.165) is 47.0 Å². The van der Waals surface area contributed by atoms with E-state index in [9.17, 15) is 0 Å². The molecule has 3 aromatic rings. The molecule has 0 amide bonds. The minimum absolute atomic E-state index is 0.280. The molecule has 0 fully saturated rings. The molecule has 0 radical (unpaired) electrons. The van der Waals surface area contributed by atoms with E-state index in [1.165, 1.54) is 0 Å². The third-order valence-electron chi connectivity index (χ3n) is 4.36. The van der Waals surface area contributed by atoms with Gasteiger partial charge in [-0.25, -0.2) is 9.97 Å². The van der Waals surface area contributed by atoms with Crippen LogP contribution in [0.25, 0.3) is 11.3 Å². The summed E-state index contributed by atoms with van der Waals surface area (Å²) in [7, 11) is 0. The summed E-state index contributed by atoms with van der Waals surface area (Å²) in [4.78, 5) is 8.95. The molecule has 3 heterocycles. The number of rotatable bonds is 6. The lowest BCUT2D eigenvalue weighted by Gasteiger charge is -2.08. The molecule has 0 spiro atoms. The second-order valence-corrected chi connectivity index (χ2v) is 6.17. The fourth-order valence-corrected chi connectivity index (χ4v) is 2.96. The zero-order chi connectivity index (χ0) is 17.9. The molecule has 0 bridgehead atoms. The highest BCUT2D eigenvalue weighted by Crippen LogP contribution is 2.32. The van der Waals surface area contributed by atoms with E-state index >= 15 is 0 Å². The van der Waals surface area contributed by atoms with E-state index in [-0.39, 0.29) is 6.79 Å². The van der Waals surface area contributed by atoms with Gasteiger partial charge in [-0.2, -0.15) is 5.10 Å². The van der Waals surface area contributed by atoms with Crippen LogP contribution in [0.15, 0.2) is 36.7 Å². The number of hydrogen-bond acceptors (Lipinski definition) is 6. The summed E-state index contributed by atoms with van der Waals surface area (Å²) in [5.41, 5.74) is 4.10. The molecular formula is C19H21N5O2. The molecular weight excluding hydrogens is 330 g/mol. The summed E-state index contributed by atoms with van der Waals surface area (Å²) < 4.78 is 12.8. The van der Waals surface area contributed by atoms with E-state index in [0.29, 0.717) is 12.5 Å². The molecule has 0 saturated carbocycles. The number of benzene rings is 1. The number of nitrogens with one attached hydrogen (secondary N) is 1. The Morgan fingerprint density at radius 3 is 2.96 bits per heavy atom. The first-order valence-electron chi connectivity index (χ1n) is 8.73. The van der Waals surface area contributed by atoms with Gasteiger partial charge in [0, 0.05) is 30.5 Å². The second-order valence-electron chi connectivity index (χ2n) is 6.17. The van der Waals surface area contributed by atoms with Crippen LogP contribution in [0, 0.1) is 6.92 Å². The van der Waals surface area contributed by atoms with Gasteiger partial charge in [-0.3, -0.25) is 4.68 Å². The van der Waals surface area contributed by atoms with Gasteiger partial charge in [0.1, 0.15) is 0 Å². The van der Waals surface area contributed by atoms with E-state index in [1.54, 1.807) is 6.20 Å². The lowest BCUT2D eigenvalue weighted by Crippen LogP contribution is -2.04. The molecule has 0 saturated heterocycles. The zero-order valence-electron chi connectivity index (χ0n) is 14.9. The molecule has 7 heteroatoms. The highest BCUT2D eigenvalue weighted by Gasteiger charge is 2.14. The van der Waals surface area contributed by atoms with Crippen LogP contribution in [0.5, 0.6) is 11.5 Å². The molecule has 26 heavy (non-hydrogen) atoms. The Labute approximate surface area is 152 Å². The minimum atomic E-state index is 0.280. The molecule has 0 unspecified atom stereocenters. The van der Waals surface area contributed by atoms with Crippen LogP contribution in [-0.4, -0.2) is 26.5 Å². The topological polar surface area (TPSA) is 74.1 Å². The van der Waals surface area contributed by atoms with Gasteiger partial charge in [-0.15, -0.1) is 0 Å². The minimum Gasteiger partial charge on any atom is -0.454 e. The van der Waals surface area contributed by atoms with Crippen LogP contribution in [-0.2, 0) is 13.1 Å². The summed E-state index contributed by atoms with van der Waals surface area (Å²) in [6.45, 7) is 6.01. The lowest BCUT2D eigenvalue weighted by atomic mass is 10.2. The fraction of sp³-hybridized carbons (Fsp3) is 0.316. The van der Waals surface area contributed by atoms with Crippen LogP contribution in [0.4, 0.5) is 5.95 Å². The van der Waals surface area contributed by atoms with Crippen LogP contribution >= 0.6 is 0 Å². The Bertz CT molecular complexity index is 922. The molecule has 7 nitrogen and oxygen atoms in total. The van der Waals surface area contributed by atoms with E-state index in [1.807, 2.05) is 35.1 Å². The number of anilines is 1. The Kier molecular flexibility index (Phi) is 4.43. The predicted octanol–water partition coefficient (Wildman–Crippen LogP) is 3.40. The largest absolute Gasteiger partial charge is 0.454 e. The molecule has 134 valence electrons. The number of hydrogen-bond donors (Lipinski definition) is 1. The van der Waals surface area contributed by atoms with Crippen molar-refractivity contribution in [2.24, 2.45) is 0 Å². The molecule has 0 aliphatic carbocycles. The van der Waals surface area contributed by atoms with Crippen molar-refractivity contribution in [1.82, 2.24) is 19.7 Å². The van der Waals surface area contributed by atoms with Crippen molar-refractivity contribution in [3.8, 4) is 22.8 Å². The maximum atomic E-state index is 5.41. The van der Waals surface area contributed by atoms with Gasteiger partial charge >= 0.3 is 0 Å². The molecule has 0 atom stereocenters. The maximum absolute atomic E-state index is 5.41.